The number of pyridine rings is 1. The average molecular weight is 240 g/mol. The minimum Gasteiger partial charge on any atom is -0.225 e. The van der Waals surface area contributed by atoms with Crippen LogP contribution in [0.4, 0.5) is 13.2 Å². The van der Waals surface area contributed by atoms with Gasteiger partial charge in [0.25, 0.3) is 6.43 Å². The lowest BCUT2D eigenvalue weighted by molar-refractivity contribution is 0.140. The third-order valence-electron chi connectivity index (χ3n) is 1.64. The molecule has 2 N–H and O–H groups in total. The van der Waals surface area contributed by atoms with Gasteiger partial charge in [0, 0.05) is 0 Å². The molecular formula is C7H7F3N2O2S. The van der Waals surface area contributed by atoms with Crippen LogP contribution in [-0.4, -0.2) is 13.4 Å². The number of hydrogen-bond donors (Lipinski definition) is 1. The van der Waals surface area contributed by atoms with Gasteiger partial charge in [0.2, 0.25) is 16.0 Å². The summed E-state index contributed by atoms with van der Waals surface area (Å²) in [6.07, 6.45) is -3.20. The number of alkyl halides is 2. The molecule has 8 heteroatoms. The van der Waals surface area contributed by atoms with Crippen molar-refractivity contribution in [1.82, 2.24) is 4.98 Å². The van der Waals surface area contributed by atoms with E-state index in [1.165, 1.54) is 0 Å². The highest BCUT2D eigenvalue weighted by molar-refractivity contribution is 7.89. The van der Waals surface area contributed by atoms with Crippen LogP contribution in [0.2, 0.25) is 0 Å². The van der Waals surface area contributed by atoms with Crippen molar-refractivity contribution in [1.29, 1.82) is 0 Å². The second-order valence-electron chi connectivity index (χ2n) is 2.82. The Labute approximate surface area is 84.0 Å². The third kappa shape index (κ3) is 2.45. The number of halogens is 3. The van der Waals surface area contributed by atoms with E-state index in [1.54, 1.807) is 0 Å². The zero-order valence-electron chi connectivity index (χ0n) is 7.54. The van der Waals surface area contributed by atoms with Crippen LogP contribution in [0.15, 0.2) is 11.0 Å². The van der Waals surface area contributed by atoms with Gasteiger partial charge in [-0.1, -0.05) is 0 Å². The Bertz CT molecular complexity index is 487. The Morgan fingerprint density at radius 3 is 2.40 bits per heavy atom. The maximum Gasteiger partial charge on any atom is 0.281 e. The molecule has 0 radical (unpaired) electrons. The van der Waals surface area contributed by atoms with Crippen LogP contribution >= 0.6 is 0 Å². The Morgan fingerprint density at radius 2 is 2.00 bits per heavy atom. The summed E-state index contributed by atoms with van der Waals surface area (Å²) >= 11 is 0. The molecule has 0 aromatic carbocycles. The van der Waals surface area contributed by atoms with Crippen molar-refractivity contribution >= 4 is 10.0 Å². The highest BCUT2D eigenvalue weighted by Gasteiger charge is 2.25. The Hall–Kier alpha value is -1.15. The van der Waals surface area contributed by atoms with Crippen molar-refractivity contribution < 1.29 is 21.6 Å². The molecule has 1 rings (SSSR count). The summed E-state index contributed by atoms with van der Waals surface area (Å²) in [5, 5.41) is 4.72. The Morgan fingerprint density at radius 1 is 1.47 bits per heavy atom. The van der Waals surface area contributed by atoms with E-state index < -0.39 is 33.0 Å². The number of nitrogens with two attached hydrogens (primary N) is 1. The summed E-state index contributed by atoms with van der Waals surface area (Å²) in [6, 6.07) is 0.728. The van der Waals surface area contributed by atoms with Gasteiger partial charge in [-0.05, 0) is 18.6 Å². The van der Waals surface area contributed by atoms with Crippen LogP contribution in [0.5, 0.6) is 0 Å². The molecule has 0 aliphatic carbocycles. The minimum absolute atomic E-state index is 0.194. The predicted molar refractivity (Wildman–Crippen MR) is 45.3 cm³/mol. The molecule has 4 nitrogen and oxygen atoms in total. The molecule has 84 valence electrons. The molecule has 15 heavy (non-hydrogen) atoms. The summed E-state index contributed by atoms with van der Waals surface area (Å²) in [4.78, 5) is 2.00. The number of hydrogen-bond acceptors (Lipinski definition) is 3. The topological polar surface area (TPSA) is 73.0 Å². The maximum atomic E-state index is 12.7. The fourth-order valence-electron chi connectivity index (χ4n) is 1.16. The smallest absolute Gasteiger partial charge is 0.225 e. The molecule has 1 aromatic heterocycles. The lowest BCUT2D eigenvalue weighted by Crippen LogP contribution is -2.18. The summed E-state index contributed by atoms with van der Waals surface area (Å²) in [5.74, 6) is -1.17. The molecule has 0 aliphatic heterocycles. The SMILES string of the molecule is Cc1cc(F)nc(C(F)F)c1S(N)(=O)=O. The predicted octanol–water partition coefficient (Wildman–Crippen LogP) is 1.11. The second kappa shape index (κ2) is 3.78. The number of aromatic nitrogens is 1. The van der Waals surface area contributed by atoms with Gasteiger partial charge in [0.05, 0.1) is 0 Å². The number of rotatable bonds is 2. The first kappa shape index (κ1) is 11.9. The fraction of sp³-hybridized carbons (Fsp3) is 0.286. The molecule has 0 unspecified atom stereocenters. The van der Waals surface area contributed by atoms with E-state index in [4.69, 9.17) is 5.14 Å². The van der Waals surface area contributed by atoms with Crippen LogP contribution < -0.4 is 5.14 Å². The van der Waals surface area contributed by atoms with E-state index in [9.17, 15) is 21.6 Å². The third-order valence-corrected chi connectivity index (χ3v) is 2.75. The molecule has 0 spiro atoms. The van der Waals surface area contributed by atoms with Gasteiger partial charge in [-0.15, -0.1) is 0 Å². The number of nitrogens with zero attached hydrogens (tertiary/aromatic N) is 1. The second-order valence-corrected chi connectivity index (χ2v) is 4.32. The molecule has 0 saturated carbocycles. The van der Waals surface area contributed by atoms with Crippen LogP contribution in [0.3, 0.4) is 0 Å². The van der Waals surface area contributed by atoms with E-state index in [1.807, 2.05) is 0 Å². The summed E-state index contributed by atoms with van der Waals surface area (Å²) in [6.45, 7) is 1.16. The van der Waals surface area contributed by atoms with Crippen LogP contribution in [-0.2, 0) is 10.0 Å². The zero-order chi connectivity index (χ0) is 11.8. The van der Waals surface area contributed by atoms with Gasteiger partial charge in [-0.25, -0.2) is 27.3 Å². The summed E-state index contributed by atoms with van der Waals surface area (Å²) in [5.41, 5.74) is -1.35. The van der Waals surface area contributed by atoms with Crippen LogP contribution in [0.1, 0.15) is 17.7 Å². The van der Waals surface area contributed by atoms with Gasteiger partial charge in [0.1, 0.15) is 10.6 Å². The van der Waals surface area contributed by atoms with Crippen molar-refractivity contribution in [3.63, 3.8) is 0 Å². The van der Waals surface area contributed by atoms with Crippen LogP contribution in [0, 0.1) is 12.9 Å². The van der Waals surface area contributed by atoms with E-state index in [-0.39, 0.29) is 5.56 Å². The highest BCUT2D eigenvalue weighted by Crippen LogP contribution is 2.26. The fourth-order valence-corrected chi connectivity index (χ4v) is 2.10. The number of primary sulfonamides is 1. The van der Waals surface area contributed by atoms with E-state index in [0.717, 1.165) is 13.0 Å². The molecule has 1 heterocycles. The zero-order valence-corrected chi connectivity index (χ0v) is 8.35. The van der Waals surface area contributed by atoms with E-state index >= 15 is 0 Å². The first-order chi connectivity index (χ1) is 6.73. The minimum atomic E-state index is -4.34. The molecular weight excluding hydrogens is 233 g/mol. The van der Waals surface area contributed by atoms with E-state index in [2.05, 4.69) is 4.98 Å². The average Bonchev–Trinajstić information content (AvgIpc) is 1.99. The summed E-state index contributed by atoms with van der Waals surface area (Å²) < 4.78 is 59.4. The molecule has 1 aromatic rings. The highest BCUT2D eigenvalue weighted by atomic mass is 32.2. The van der Waals surface area contributed by atoms with Crippen molar-refractivity contribution in [3.8, 4) is 0 Å². The van der Waals surface area contributed by atoms with Gasteiger partial charge in [-0.3, -0.25) is 0 Å². The van der Waals surface area contributed by atoms with Gasteiger partial charge >= 0.3 is 0 Å². The normalized spacial score (nSPS) is 12.1. The molecule has 0 atom stereocenters. The van der Waals surface area contributed by atoms with Crippen molar-refractivity contribution in [2.45, 2.75) is 18.2 Å². The lowest BCUT2D eigenvalue weighted by Gasteiger charge is -2.08. The first-order valence-corrected chi connectivity index (χ1v) is 5.26. The van der Waals surface area contributed by atoms with Gasteiger partial charge in [-0.2, -0.15) is 4.39 Å². The molecule has 0 bridgehead atoms. The van der Waals surface area contributed by atoms with Crippen LogP contribution in [0.25, 0.3) is 0 Å². The standard InChI is InChI=1S/C7H7F3N2O2S/c1-3-2-4(8)12-5(7(9)10)6(3)15(11,13)14/h2,7H,1H3,(H2,11,13,14). The van der Waals surface area contributed by atoms with E-state index in [0.29, 0.717) is 0 Å². The first-order valence-electron chi connectivity index (χ1n) is 3.71. The van der Waals surface area contributed by atoms with Crippen molar-refractivity contribution in [2.75, 3.05) is 0 Å². The van der Waals surface area contributed by atoms with Gasteiger partial charge < -0.3 is 0 Å². The molecule has 0 aliphatic rings. The maximum absolute atomic E-state index is 12.7. The molecule has 0 saturated heterocycles. The Kier molecular flexibility index (Phi) is 3.00. The number of sulfonamides is 1. The monoisotopic (exact) mass is 240 g/mol. The molecule has 0 fully saturated rings. The quantitative estimate of drug-likeness (QED) is 0.787. The van der Waals surface area contributed by atoms with Gasteiger partial charge in [0.15, 0.2) is 0 Å². The largest absolute Gasteiger partial charge is 0.281 e. The van der Waals surface area contributed by atoms with Crippen molar-refractivity contribution in [3.05, 3.63) is 23.3 Å². The lowest BCUT2D eigenvalue weighted by atomic mass is 10.2. The number of aryl methyl sites for hydroxylation is 1. The Balaban J connectivity index is 3.62. The summed E-state index contributed by atoms with van der Waals surface area (Å²) in [7, 11) is -4.34. The molecule has 0 amide bonds. The van der Waals surface area contributed by atoms with Crippen molar-refractivity contribution in [2.24, 2.45) is 5.14 Å².